The fraction of sp³-hybridized carbons (Fsp3) is 0.275. The number of ether oxygens (including phenoxy) is 2. The molecular formula is C91H108BrClF6MgN3O5+. The summed E-state index contributed by atoms with van der Waals surface area (Å²) in [4.78, 5) is 23.3. The molecule has 0 radical (unpaired) electrons. The van der Waals surface area contributed by atoms with Crippen molar-refractivity contribution in [3.63, 3.8) is 0 Å². The second-order valence-electron chi connectivity index (χ2n) is 24.6. The molecule has 0 amide bonds. The zero-order valence-corrected chi connectivity index (χ0v) is 67.3. The number of aliphatic hydroxyl groups is 1. The number of unbranched alkanes of at least 4 members (excludes halogenated alkanes) is 2. The van der Waals surface area contributed by atoms with Gasteiger partial charge in [-0.25, -0.2) is 31.1 Å². The molecule has 0 bridgehead atoms. The molecule has 3 N–H and O–H groups in total. The monoisotopic (exact) mass is 1570 g/mol. The summed E-state index contributed by atoms with van der Waals surface area (Å²) in [7, 11) is 5.83. The Kier molecular flexibility index (Phi) is 52.9. The fourth-order valence-corrected chi connectivity index (χ4v) is 11.0. The van der Waals surface area contributed by atoms with Crippen LogP contribution in [-0.4, -0.2) is 92.4 Å². The van der Waals surface area contributed by atoms with E-state index in [1.165, 1.54) is 101 Å². The van der Waals surface area contributed by atoms with E-state index >= 15 is 0 Å². The summed E-state index contributed by atoms with van der Waals surface area (Å²) >= 11 is 0. The number of hydrogen-bond donors (Lipinski definition) is 3. The predicted molar refractivity (Wildman–Crippen MR) is 433 cm³/mol. The summed E-state index contributed by atoms with van der Waals surface area (Å²) in [6.07, 6.45) is 11.5. The molecule has 0 saturated carbocycles. The molecule has 0 aliphatic rings. The molecule has 0 fully saturated rings. The summed E-state index contributed by atoms with van der Waals surface area (Å²) < 4.78 is 90.7. The Morgan fingerprint density at radius 1 is 0.528 bits per heavy atom. The maximum Gasteiger partial charge on any atom is 2.00 e. The van der Waals surface area contributed by atoms with Crippen molar-refractivity contribution in [3.8, 4) is 0 Å². The number of allylic oxidation sites excluding steroid dienone is 1. The van der Waals surface area contributed by atoms with Gasteiger partial charge in [0.05, 0.1) is 19.6 Å². The maximum absolute atomic E-state index is 13.7. The largest absolute Gasteiger partial charge is 2.00 e. The first kappa shape index (κ1) is 97.6. The van der Waals surface area contributed by atoms with E-state index in [1.54, 1.807) is 55.5 Å². The van der Waals surface area contributed by atoms with E-state index < -0.39 is 17.2 Å². The zero-order valence-electron chi connectivity index (χ0n) is 65.4. The van der Waals surface area contributed by atoms with Gasteiger partial charge in [-0.1, -0.05) is 227 Å². The average Bonchev–Trinajstić information content (AvgIpc) is 0.775. The number of nitrogens with one attached hydrogen (secondary N) is 2. The number of carbonyl (C=O) groups is 2. The maximum atomic E-state index is 13.7. The van der Waals surface area contributed by atoms with Crippen molar-refractivity contribution >= 4 is 53.0 Å². The van der Waals surface area contributed by atoms with Crippen molar-refractivity contribution in [2.24, 2.45) is 0 Å². The van der Waals surface area contributed by atoms with Crippen molar-refractivity contribution in [2.45, 2.75) is 117 Å². The first-order valence-electron chi connectivity index (χ1n) is 35.9. The summed E-state index contributed by atoms with van der Waals surface area (Å²) in [5.41, 5.74) is 8.77. The van der Waals surface area contributed by atoms with Crippen LogP contribution in [0.4, 0.5) is 26.3 Å². The molecule has 0 aliphatic carbocycles. The van der Waals surface area contributed by atoms with Gasteiger partial charge in [0.15, 0.2) is 0 Å². The van der Waals surface area contributed by atoms with Gasteiger partial charge in [0.1, 0.15) is 40.5 Å². The van der Waals surface area contributed by atoms with Crippen molar-refractivity contribution < 1.29 is 70.3 Å². The van der Waals surface area contributed by atoms with E-state index in [4.69, 9.17) is 4.74 Å². The molecule has 574 valence electrons. The number of aryl methyl sites for hydroxylation is 2. The summed E-state index contributed by atoms with van der Waals surface area (Å²) in [5.74, 6) is -2.41. The normalized spacial score (nSPS) is 10.1. The minimum Gasteiger partial charge on any atom is -1.00 e. The van der Waals surface area contributed by atoms with Crippen LogP contribution in [0.1, 0.15) is 143 Å². The first-order chi connectivity index (χ1) is 50.9. The number of esters is 2. The predicted octanol–water partition coefficient (Wildman–Crippen LogP) is 18.6. The number of carbonyl (C=O) groups excluding carboxylic acids is 2. The Labute approximate surface area is 674 Å². The van der Waals surface area contributed by atoms with Crippen LogP contribution < -0.4 is 27.6 Å². The number of halogens is 8. The molecule has 0 saturated heterocycles. The standard InChI is InChI=1S/C23H22F2O.C23H20F2.C16H17F2N.C13H19NO2.C8H11N.C5H8O2.C3H8.BrH.ClH.Mg.H/c24-21-13-6-11-19(16-21)23(26,20-12-7-14-22(25)17-20)15-5-4-10-18-8-2-1-3-9-18;24-21-13-6-11-19(16-21)23(20-12-7-14-22(25)17-20)15-5-4-10-18-8-2-1-3-9-18;1-19-9-8-16(12-4-2-6-14(17)10-12)13-5-3-7-15(18)11-13;1-3-16-13(15)9-10-14(2)11-12-7-5-4-6-8-12;1-9-7-8-5-3-2-4-6-8;1-3-5(6)7-4-2;1-3-2;;;;/h1-3,6-9,11-14,16-17,26H,4-5,10,15H2;1-3,6-9,11-17H,4-5,10H2;2-7,10-11,16,19H,8-9H2,1H3;4-8H,3,9-11H2,1-2H3;2-6,9H,7H2,1H3;3H,1,4H2,2H3;3H2,1-2H3;2*1H;;/q;;;;;;;;;+2;-1. The average molecular weight is 1580 g/mol. The van der Waals surface area contributed by atoms with E-state index in [-0.39, 0.29) is 96.4 Å². The summed E-state index contributed by atoms with van der Waals surface area (Å²) in [6.45, 7) is 15.3. The number of hydrogen-bond acceptors (Lipinski definition) is 8. The van der Waals surface area contributed by atoms with Gasteiger partial charge in [0, 0.05) is 31.6 Å². The Hall–Kier alpha value is -8.42. The van der Waals surface area contributed by atoms with Crippen LogP contribution in [-0.2, 0) is 50.6 Å². The molecule has 0 aliphatic heterocycles. The quantitative estimate of drug-likeness (QED) is 0.0147. The molecule has 10 rings (SSSR count). The van der Waals surface area contributed by atoms with E-state index in [0.29, 0.717) is 37.2 Å². The number of benzene rings is 10. The van der Waals surface area contributed by atoms with Gasteiger partial charge in [0.25, 0.3) is 0 Å². The molecular weight excluding hydrogens is 1470 g/mol. The van der Waals surface area contributed by atoms with Gasteiger partial charge in [-0.05, 0) is 227 Å². The van der Waals surface area contributed by atoms with Crippen LogP contribution in [0.5, 0.6) is 0 Å². The zero-order chi connectivity index (χ0) is 76.3. The van der Waals surface area contributed by atoms with Crippen molar-refractivity contribution in [1.82, 2.24) is 15.5 Å². The molecule has 0 unspecified atom stereocenters. The van der Waals surface area contributed by atoms with E-state index in [2.05, 4.69) is 95.3 Å². The summed E-state index contributed by atoms with van der Waals surface area (Å²) in [6, 6.07) is 78.8. The Bertz CT molecular complexity index is 3930. The van der Waals surface area contributed by atoms with Crippen LogP contribution in [0.2, 0.25) is 0 Å². The minimum absolute atomic E-state index is 0. The fourth-order valence-electron chi connectivity index (χ4n) is 11.0. The molecule has 17 heteroatoms. The molecule has 108 heavy (non-hydrogen) atoms. The summed E-state index contributed by atoms with van der Waals surface area (Å²) in [5, 5.41) is 17.5. The Balaban J connectivity index is 0. The van der Waals surface area contributed by atoms with E-state index in [1.807, 2.05) is 125 Å². The Morgan fingerprint density at radius 2 is 0.926 bits per heavy atom. The van der Waals surface area contributed by atoms with Gasteiger partial charge < -0.3 is 48.5 Å². The molecule has 8 nitrogen and oxygen atoms in total. The third kappa shape index (κ3) is 40.1. The SMILES string of the molecule is C=CC(=O)OCC.CCC.CCOC(=O)CCN(C)Cc1ccccc1.CNCCC(c1cccc(F)c1)c1cccc(F)c1.CNCc1ccccc1.Cl.Fc1cccc(C(=CCCCc2ccccc2)c2cccc(F)c2)c1.OC(CCCCc1ccccc1)(c1cccc(F)c1)c1cccc(F)c1.[Br-].[H+].[H-].[Mg+2]. The van der Waals surface area contributed by atoms with Crippen molar-refractivity contribution in [1.29, 1.82) is 0 Å². The smallest absolute Gasteiger partial charge is 1.00 e. The molecule has 0 aromatic heterocycles. The van der Waals surface area contributed by atoms with E-state index in [0.717, 1.165) is 105 Å². The topological polar surface area (TPSA) is 100 Å². The Morgan fingerprint density at radius 3 is 1.31 bits per heavy atom. The van der Waals surface area contributed by atoms with Crippen LogP contribution in [0, 0.1) is 34.9 Å². The number of rotatable bonds is 28. The van der Waals surface area contributed by atoms with Crippen LogP contribution >= 0.6 is 12.4 Å². The second kappa shape index (κ2) is 58.6. The van der Waals surface area contributed by atoms with Crippen molar-refractivity contribution in [2.75, 3.05) is 47.4 Å². The van der Waals surface area contributed by atoms with Gasteiger partial charge in [-0.2, -0.15) is 0 Å². The molecule has 0 atom stereocenters. The van der Waals surface area contributed by atoms with Gasteiger partial charge in [-0.15, -0.1) is 12.4 Å². The molecule has 10 aromatic carbocycles. The first-order valence-corrected chi connectivity index (χ1v) is 35.9. The van der Waals surface area contributed by atoms with Crippen LogP contribution in [0.25, 0.3) is 5.57 Å². The second-order valence-corrected chi connectivity index (χ2v) is 24.6. The van der Waals surface area contributed by atoms with Crippen molar-refractivity contribution in [3.05, 3.63) is 376 Å². The van der Waals surface area contributed by atoms with Crippen LogP contribution in [0.3, 0.4) is 0 Å². The van der Waals surface area contributed by atoms with Crippen LogP contribution in [0.15, 0.2) is 286 Å². The molecule has 0 spiro atoms. The number of nitrogens with zero attached hydrogens (tertiary/aromatic N) is 1. The van der Waals surface area contributed by atoms with Gasteiger partial charge in [-0.3, -0.25) is 4.79 Å². The third-order valence-electron chi connectivity index (χ3n) is 16.0. The molecule has 0 heterocycles. The van der Waals surface area contributed by atoms with Gasteiger partial charge >= 0.3 is 36.4 Å². The van der Waals surface area contributed by atoms with E-state index in [9.17, 15) is 41.0 Å². The molecule has 10 aromatic rings. The minimum atomic E-state index is -1.42. The third-order valence-corrected chi connectivity index (χ3v) is 16.0. The van der Waals surface area contributed by atoms with Gasteiger partial charge in [0.2, 0.25) is 0 Å².